The van der Waals surface area contributed by atoms with E-state index in [9.17, 15) is 14.9 Å². The van der Waals surface area contributed by atoms with Crippen LogP contribution in [0.5, 0.6) is 0 Å². The normalized spacial score (nSPS) is 16.5. The quantitative estimate of drug-likeness (QED) is 0.504. The highest BCUT2D eigenvalue weighted by Gasteiger charge is 2.34. The maximum atomic E-state index is 11.8. The first-order valence-electron chi connectivity index (χ1n) is 5.63. The van der Waals surface area contributed by atoms with Gasteiger partial charge in [0.2, 0.25) is 5.91 Å². The summed E-state index contributed by atoms with van der Waals surface area (Å²) in [4.78, 5) is 22.2. The van der Waals surface area contributed by atoms with Crippen molar-refractivity contribution in [2.45, 2.75) is 25.7 Å². The Bertz CT molecular complexity index is 569. The van der Waals surface area contributed by atoms with Crippen LogP contribution in [0.4, 0.5) is 11.4 Å². The van der Waals surface area contributed by atoms with Gasteiger partial charge in [-0.1, -0.05) is 12.1 Å². The van der Waals surface area contributed by atoms with Crippen LogP contribution in [-0.2, 0) is 4.79 Å². The lowest BCUT2D eigenvalue weighted by molar-refractivity contribution is -0.383. The lowest BCUT2D eigenvalue weighted by Crippen LogP contribution is -2.11. The maximum absolute atomic E-state index is 11.8. The number of carbonyl (C=O) groups excluding carboxylic acids is 1. The number of hydrogen-bond acceptors (Lipinski definition) is 3. The van der Waals surface area contributed by atoms with Crippen LogP contribution >= 0.6 is 0 Å². The average molecular weight is 244 g/mol. The number of anilines is 1. The fourth-order valence-corrected chi connectivity index (χ4v) is 2.12. The Balaban J connectivity index is 2.33. The number of nitrogens with zero attached hydrogens (tertiary/aromatic N) is 1. The molecule has 0 aliphatic carbocycles. The van der Waals surface area contributed by atoms with E-state index in [0.29, 0.717) is 24.1 Å². The molecule has 1 aromatic carbocycles. The number of hydrogen-bond donors (Lipinski definition) is 1. The molecule has 92 valence electrons. The minimum atomic E-state index is -0.479. The standard InChI is InChI=1S/C13H12N2O3/c1-2-3-4-6-10-9-7-5-8-11(15(17)18)12(9)14-13(10)16/h5,7-8,10H,4,6H2,1H3,(H,14,16). The second-order valence-electron chi connectivity index (χ2n) is 4.01. The molecule has 0 bridgehead atoms. The van der Waals surface area contributed by atoms with Gasteiger partial charge in [-0.3, -0.25) is 14.9 Å². The predicted octanol–water partition coefficient (Wildman–Crippen LogP) is 2.43. The van der Waals surface area contributed by atoms with Crippen molar-refractivity contribution in [1.29, 1.82) is 0 Å². The molecule has 1 aliphatic rings. The van der Waals surface area contributed by atoms with Gasteiger partial charge in [-0.2, -0.15) is 0 Å². The smallest absolute Gasteiger partial charge is 0.293 e. The van der Waals surface area contributed by atoms with Crippen LogP contribution in [0.25, 0.3) is 0 Å². The van der Waals surface area contributed by atoms with E-state index >= 15 is 0 Å². The van der Waals surface area contributed by atoms with Crippen LogP contribution in [0.2, 0.25) is 0 Å². The zero-order chi connectivity index (χ0) is 13.1. The van der Waals surface area contributed by atoms with Crippen molar-refractivity contribution in [2.75, 3.05) is 5.32 Å². The summed E-state index contributed by atoms with van der Waals surface area (Å²) in [6, 6.07) is 4.76. The number of benzene rings is 1. The lowest BCUT2D eigenvalue weighted by atomic mass is 9.95. The van der Waals surface area contributed by atoms with E-state index in [-0.39, 0.29) is 17.5 Å². The molecule has 0 fully saturated rings. The van der Waals surface area contributed by atoms with E-state index in [1.54, 1.807) is 19.1 Å². The molecular formula is C13H12N2O3. The van der Waals surface area contributed by atoms with E-state index in [1.807, 2.05) is 0 Å². The van der Waals surface area contributed by atoms with Gasteiger partial charge < -0.3 is 5.32 Å². The third kappa shape index (κ3) is 2.05. The second-order valence-corrected chi connectivity index (χ2v) is 4.01. The molecular weight excluding hydrogens is 232 g/mol. The van der Waals surface area contributed by atoms with Gasteiger partial charge in [0.25, 0.3) is 5.69 Å². The van der Waals surface area contributed by atoms with Crippen molar-refractivity contribution in [1.82, 2.24) is 0 Å². The van der Waals surface area contributed by atoms with E-state index in [0.717, 1.165) is 0 Å². The molecule has 2 rings (SSSR count). The zero-order valence-electron chi connectivity index (χ0n) is 9.90. The molecule has 1 N–H and O–H groups in total. The molecule has 1 aromatic rings. The third-order valence-corrected chi connectivity index (χ3v) is 2.95. The molecule has 1 aliphatic heterocycles. The number of para-hydroxylation sites is 1. The fraction of sp³-hybridized carbons (Fsp3) is 0.308. The number of carbonyl (C=O) groups is 1. The Morgan fingerprint density at radius 2 is 2.28 bits per heavy atom. The minimum Gasteiger partial charge on any atom is -0.320 e. The topological polar surface area (TPSA) is 72.2 Å². The molecule has 5 nitrogen and oxygen atoms in total. The molecule has 0 spiro atoms. The number of nitrogens with one attached hydrogen (secondary N) is 1. The van der Waals surface area contributed by atoms with Gasteiger partial charge in [-0.05, 0) is 18.9 Å². The maximum Gasteiger partial charge on any atom is 0.293 e. The zero-order valence-corrected chi connectivity index (χ0v) is 9.90. The summed E-state index contributed by atoms with van der Waals surface area (Å²) >= 11 is 0. The second kappa shape index (κ2) is 4.88. The average Bonchev–Trinajstić information content (AvgIpc) is 2.66. The number of fused-ring (bicyclic) bond motifs is 1. The summed E-state index contributed by atoms with van der Waals surface area (Å²) in [5, 5.41) is 13.5. The van der Waals surface area contributed by atoms with Crippen molar-refractivity contribution >= 4 is 17.3 Å². The van der Waals surface area contributed by atoms with Gasteiger partial charge in [-0.25, -0.2) is 0 Å². The third-order valence-electron chi connectivity index (χ3n) is 2.95. The summed E-state index contributed by atoms with van der Waals surface area (Å²) in [6.07, 6.45) is 1.19. The molecule has 0 saturated carbocycles. The molecule has 1 amide bonds. The summed E-state index contributed by atoms with van der Waals surface area (Å²) in [7, 11) is 0. The Labute approximate surface area is 104 Å². The SMILES string of the molecule is CC#CCCC1C(=O)Nc2c1cccc2[N+](=O)[O-]. The predicted molar refractivity (Wildman–Crippen MR) is 67.2 cm³/mol. The Morgan fingerprint density at radius 3 is 2.94 bits per heavy atom. The molecule has 1 atom stereocenters. The monoisotopic (exact) mass is 244 g/mol. The Morgan fingerprint density at radius 1 is 1.50 bits per heavy atom. The summed E-state index contributed by atoms with van der Waals surface area (Å²) in [6.45, 7) is 1.74. The molecule has 18 heavy (non-hydrogen) atoms. The summed E-state index contributed by atoms with van der Waals surface area (Å²) in [5.74, 6) is 5.15. The largest absolute Gasteiger partial charge is 0.320 e. The lowest BCUT2D eigenvalue weighted by Gasteiger charge is -2.05. The van der Waals surface area contributed by atoms with E-state index in [4.69, 9.17) is 0 Å². The van der Waals surface area contributed by atoms with Crippen LogP contribution in [0.1, 0.15) is 31.2 Å². The number of amides is 1. The molecule has 1 unspecified atom stereocenters. The number of nitro groups is 1. The van der Waals surface area contributed by atoms with E-state index in [1.165, 1.54) is 6.07 Å². The van der Waals surface area contributed by atoms with E-state index in [2.05, 4.69) is 17.2 Å². The van der Waals surface area contributed by atoms with Gasteiger partial charge in [-0.15, -0.1) is 11.8 Å². The van der Waals surface area contributed by atoms with Crippen molar-refractivity contribution in [3.8, 4) is 11.8 Å². The molecule has 1 heterocycles. The fourth-order valence-electron chi connectivity index (χ4n) is 2.12. The van der Waals surface area contributed by atoms with Gasteiger partial charge >= 0.3 is 0 Å². The van der Waals surface area contributed by atoms with Gasteiger partial charge in [0.1, 0.15) is 5.69 Å². The molecule has 0 radical (unpaired) electrons. The summed E-state index contributed by atoms with van der Waals surface area (Å²) < 4.78 is 0. The van der Waals surface area contributed by atoms with Gasteiger partial charge in [0, 0.05) is 12.5 Å². The van der Waals surface area contributed by atoms with E-state index < -0.39 is 4.92 Å². The highest BCUT2D eigenvalue weighted by molar-refractivity contribution is 6.05. The Kier molecular flexibility index (Phi) is 3.28. The first-order valence-corrected chi connectivity index (χ1v) is 5.63. The molecule has 0 aromatic heterocycles. The number of nitro benzene ring substituents is 1. The molecule has 5 heteroatoms. The van der Waals surface area contributed by atoms with Gasteiger partial charge in [0.05, 0.1) is 10.8 Å². The van der Waals surface area contributed by atoms with Crippen LogP contribution in [0, 0.1) is 22.0 Å². The summed E-state index contributed by atoms with van der Waals surface area (Å²) in [5.41, 5.74) is 0.985. The number of rotatable bonds is 3. The van der Waals surface area contributed by atoms with Crippen LogP contribution < -0.4 is 5.32 Å². The highest BCUT2D eigenvalue weighted by atomic mass is 16.6. The first-order chi connectivity index (χ1) is 8.65. The van der Waals surface area contributed by atoms with Crippen molar-refractivity contribution < 1.29 is 9.72 Å². The Hall–Kier alpha value is -2.35. The van der Waals surface area contributed by atoms with Gasteiger partial charge in [0.15, 0.2) is 0 Å². The van der Waals surface area contributed by atoms with Crippen LogP contribution in [0.15, 0.2) is 18.2 Å². The van der Waals surface area contributed by atoms with Crippen LogP contribution in [-0.4, -0.2) is 10.8 Å². The first kappa shape index (κ1) is 12.1. The van der Waals surface area contributed by atoms with Crippen molar-refractivity contribution in [3.05, 3.63) is 33.9 Å². The minimum absolute atomic E-state index is 0.0510. The van der Waals surface area contributed by atoms with Crippen LogP contribution in [0.3, 0.4) is 0 Å². The van der Waals surface area contributed by atoms with Crippen molar-refractivity contribution in [3.63, 3.8) is 0 Å². The van der Waals surface area contributed by atoms with Crippen molar-refractivity contribution in [2.24, 2.45) is 0 Å². The highest BCUT2D eigenvalue weighted by Crippen LogP contribution is 2.40. The molecule has 0 saturated heterocycles.